The normalized spacial score (nSPS) is 28.0. The van der Waals surface area contributed by atoms with Crippen molar-refractivity contribution in [2.45, 2.75) is 45.2 Å². The highest BCUT2D eigenvalue weighted by molar-refractivity contribution is 5.79. The van der Waals surface area contributed by atoms with Crippen molar-refractivity contribution in [3.8, 4) is 0 Å². The molecule has 0 bridgehead atoms. The minimum absolute atomic E-state index is 0.0491. The Bertz CT molecular complexity index is 216. The molecule has 0 spiro atoms. The van der Waals surface area contributed by atoms with E-state index in [-0.39, 0.29) is 23.9 Å². The smallest absolute Gasteiger partial charge is 0.220 e. The van der Waals surface area contributed by atoms with E-state index in [0.29, 0.717) is 12.8 Å². The standard InChI is InChI=1S/C9H16N2O2/c1-3-8(12)11-7-4-5-9(13)10-6(7)2/h6-7H,3-5H2,1-2H3,(H,10,13)(H,11,12). The first-order chi connectivity index (χ1) is 6.13. The van der Waals surface area contributed by atoms with Gasteiger partial charge in [-0.2, -0.15) is 0 Å². The van der Waals surface area contributed by atoms with E-state index in [9.17, 15) is 9.59 Å². The molecule has 0 radical (unpaired) electrons. The maximum atomic E-state index is 11.1. The molecule has 1 saturated heterocycles. The third-order valence-electron chi connectivity index (χ3n) is 2.34. The number of nitrogens with one attached hydrogen (secondary N) is 2. The van der Waals surface area contributed by atoms with Crippen LogP contribution in [0.4, 0.5) is 0 Å². The predicted molar refractivity (Wildman–Crippen MR) is 49.1 cm³/mol. The van der Waals surface area contributed by atoms with Crippen LogP contribution in [-0.2, 0) is 9.59 Å². The van der Waals surface area contributed by atoms with E-state index in [0.717, 1.165) is 6.42 Å². The SMILES string of the molecule is CCC(=O)NC1CCC(=O)NC1C. The Hall–Kier alpha value is -1.06. The number of carbonyl (C=O) groups excluding carboxylic acids is 2. The van der Waals surface area contributed by atoms with Crippen LogP contribution in [0.3, 0.4) is 0 Å². The van der Waals surface area contributed by atoms with E-state index in [1.54, 1.807) is 0 Å². The lowest BCUT2D eigenvalue weighted by Gasteiger charge is -2.30. The zero-order valence-corrected chi connectivity index (χ0v) is 8.09. The quantitative estimate of drug-likeness (QED) is 0.643. The Labute approximate surface area is 78.1 Å². The first-order valence-corrected chi connectivity index (χ1v) is 4.72. The second-order valence-electron chi connectivity index (χ2n) is 3.42. The summed E-state index contributed by atoms with van der Waals surface area (Å²) < 4.78 is 0. The van der Waals surface area contributed by atoms with Gasteiger partial charge in [-0.1, -0.05) is 6.92 Å². The molecule has 0 aromatic carbocycles. The predicted octanol–water partition coefficient (Wildman–Crippen LogP) is 0.180. The van der Waals surface area contributed by atoms with Gasteiger partial charge in [-0.05, 0) is 13.3 Å². The maximum absolute atomic E-state index is 11.1. The summed E-state index contributed by atoms with van der Waals surface area (Å²) in [5.74, 6) is 0.127. The third kappa shape index (κ3) is 2.72. The molecule has 2 atom stereocenters. The molecule has 1 heterocycles. The summed E-state index contributed by atoms with van der Waals surface area (Å²) in [6.07, 6.45) is 1.76. The van der Waals surface area contributed by atoms with Gasteiger partial charge < -0.3 is 10.6 Å². The molecule has 0 saturated carbocycles. The van der Waals surface area contributed by atoms with Gasteiger partial charge >= 0.3 is 0 Å². The number of carbonyl (C=O) groups is 2. The van der Waals surface area contributed by atoms with Crippen LogP contribution < -0.4 is 10.6 Å². The summed E-state index contributed by atoms with van der Waals surface area (Å²) in [7, 11) is 0. The van der Waals surface area contributed by atoms with Crippen LogP contribution in [0.2, 0.25) is 0 Å². The summed E-state index contributed by atoms with van der Waals surface area (Å²) in [6.45, 7) is 3.74. The largest absolute Gasteiger partial charge is 0.352 e. The molecule has 0 aliphatic carbocycles. The lowest BCUT2D eigenvalue weighted by molar-refractivity contribution is -0.126. The van der Waals surface area contributed by atoms with Crippen molar-refractivity contribution in [1.29, 1.82) is 0 Å². The molecule has 0 aromatic rings. The van der Waals surface area contributed by atoms with Crippen LogP contribution in [0.25, 0.3) is 0 Å². The average molecular weight is 184 g/mol. The number of amides is 2. The molecule has 1 aliphatic heterocycles. The van der Waals surface area contributed by atoms with Gasteiger partial charge in [0.1, 0.15) is 0 Å². The van der Waals surface area contributed by atoms with Crippen molar-refractivity contribution in [1.82, 2.24) is 10.6 Å². The average Bonchev–Trinajstić information content (AvgIpc) is 2.09. The Morgan fingerprint density at radius 1 is 1.69 bits per heavy atom. The molecule has 1 rings (SSSR count). The van der Waals surface area contributed by atoms with Crippen molar-refractivity contribution < 1.29 is 9.59 Å². The highest BCUT2D eigenvalue weighted by atomic mass is 16.2. The zero-order chi connectivity index (χ0) is 9.84. The summed E-state index contributed by atoms with van der Waals surface area (Å²) in [6, 6.07) is 0.155. The minimum atomic E-state index is 0.0491. The Balaban J connectivity index is 2.42. The van der Waals surface area contributed by atoms with Gasteiger partial charge in [-0.3, -0.25) is 9.59 Å². The van der Waals surface area contributed by atoms with Crippen molar-refractivity contribution in [2.75, 3.05) is 0 Å². The van der Waals surface area contributed by atoms with Gasteiger partial charge in [0.15, 0.2) is 0 Å². The van der Waals surface area contributed by atoms with Crippen molar-refractivity contribution >= 4 is 11.8 Å². The summed E-state index contributed by atoms with van der Waals surface area (Å²) >= 11 is 0. The zero-order valence-electron chi connectivity index (χ0n) is 8.09. The molecule has 4 nitrogen and oxygen atoms in total. The van der Waals surface area contributed by atoms with E-state index in [2.05, 4.69) is 10.6 Å². The number of hydrogen-bond acceptors (Lipinski definition) is 2. The first-order valence-electron chi connectivity index (χ1n) is 4.72. The fraction of sp³-hybridized carbons (Fsp3) is 0.778. The molecule has 2 amide bonds. The van der Waals surface area contributed by atoms with E-state index < -0.39 is 0 Å². The minimum Gasteiger partial charge on any atom is -0.352 e. The van der Waals surface area contributed by atoms with Gasteiger partial charge in [0.2, 0.25) is 11.8 Å². The molecule has 2 N–H and O–H groups in total. The van der Waals surface area contributed by atoms with Crippen molar-refractivity contribution in [3.63, 3.8) is 0 Å². The lowest BCUT2D eigenvalue weighted by Crippen LogP contribution is -2.53. The molecule has 74 valence electrons. The number of rotatable bonds is 2. The van der Waals surface area contributed by atoms with E-state index in [1.807, 2.05) is 13.8 Å². The second-order valence-corrected chi connectivity index (χ2v) is 3.42. The van der Waals surface area contributed by atoms with Crippen molar-refractivity contribution in [3.05, 3.63) is 0 Å². The second kappa shape index (κ2) is 4.25. The number of hydrogen-bond donors (Lipinski definition) is 2. The van der Waals surface area contributed by atoms with E-state index in [1.165, 1.54) is 0 Å². The monoisotopic (exact) mass is 184 g/mol. The van der Waals surface area contributed by atoms with E-state index >= 15 is 0 Å². The molecular formula is C9H16N2O2. The fourth-order valence-corrected chi connectivity index (χ4v) is 1.47. The van der Waals surface area contributed by atoms with Gasteiger partial charge in [0.25, 0.3) is 0 Å². The highest BCUT2D eigenvalue weighted by Gasteiger charge is 2.25. The molecule has 4 heteroatoms. The van der Waals surface area contributed by atoms with Gasteiger partial charge in [-0.25, -0.2) is 0 Å². The highest BCUT2D eigenvalue weighted by Crippen LogP contribution is 2.09. The van der Waals surface area contributed by atoms with Crippen LogP contribution in [-0.4, -0.2) is 23.9 Å². The molecule has 1 fully saturated rings. The molecular weight excluding hydrogens is 168 g/mol. The molecule has 2 unspecified atom stereocenters. The van der Waals surface area contributed by atoms with Crippen LogP contribution in [0.5, 0.6) is 0 Å². The summed E-state index contributed by atoms with van der Waals surface area (Å²) in [5.41, 5.74) is 0. The molecule has 0 aromatic heterocycles. The number of piperidine rings is 1. The topological polar surface area (TPSA) is 58.2 Å². The Kier molecular flexibility index (Phi) is 3.28. The van der Waals surface area contributed by atoms with Crippen LogP contribution in [0.15, 0.2) is 0 Å². The summed E-state index contributed by atoms with van der Waals surface area (Å²) in [5, 5.41) is 5.69. The Morgan fingerprint density at radius 2 is 2.38 bits per heavy atom. The van der Waals surface area contributed by atoms with Crippen molar-refractivity contribution in [2.24, 2.45) is 0 Å². The molecule has 13 heavy (non-hydrogen) atoms. The third-order valence-corrected chi connectivity index (χ3v) is 2.34. The van der Waals surface area contributed by atoms with Crippen LogP contribution in [0.1, 0.15) is 33.1 Å². The van der Waals surface area contributed by atoms with Gasteiger partial charge in [0, 0.05) is 24.9 Å². The summed E-state index contributed by atoms with van der Waals surface area (Å²) in [4.78, 5) is 22.0. The Morgan fingerprint density at radius 3 is 2.92 bits per heavy atom. The fourth-order valence-electron chi connectivity index (χ4n) is 1.47. The first kappa shape index (κ1) is 10.0. The molecule has 1 aliphatic rings. The lowest BCUT2D eigenvalue weighted by atomic mass is 9.99. The van der Waals surface area contributed by atoms with Crippen LogP contribution in [0, 0.1) is 0 Å². The van der Waals surface area contributed by atoms with E-state index in [4.69, 9.17) is 0 Å². The maximum Gasteiger partial charge on any atom is 0.220 e. The van der Waals surface area contributed by atoms with Gasteiger partial charge in [-0.15, -0.1) is 0 Å². The van der Waals surface area contributed by atoms with Gasteiger partial charge in [0.05, 0.1) is 0 Å². The van der Waals surface area contributed by atoms with Crippen LogP contribution >= 0.6 is 0 Å².